The number of hydrogen-bond acceptors (Lipinski definition) is 2. The Morgan fingerprint density at radius 3 is 3.12 bits per heavy atom. The highest BCUT2D eigenvalue weighted by atomic mass is 35.5. The molecule has 3 heteroatoms. The lowest BCUT2D eigenvalue weighted by Crippen LogP contribution is -1.97. The molecule has 0 saturated heterocycles. The predicted octanol–water partition coefficient (Wildman–Crippen LogP) is 0.965. The number of halogens is 1. The fraction of sp³-hybridized carbons (Fsp3) is 0.800. The molecule has 0 aromatic heterocycles. The van der Waals surface area contributed by atoms with Gasteiger partial charge in [0.1, 0.15) is 0 Å². The number of rotatable bonds is 2. The van der Waals surface area contributed by atoms with Crippen LogP contribution in [0.1, 0.15) is 12.8 Å². The molecule has 1 rings (SSSR count). The van der Waals surface area contributed by atoms with E-state index in [0.717, 1.165) is 19.4 Å². The summed E-state index contributed by atoms with van der Waals surface area (Å²) < 4.78 is 0. The Bertz CT molecular complexity index is 101. The summed E-state index contributed by atoms with van der Waals surface area (Å²) in [5, 5.41) is 4.01. The van der Waals surface area contributed by atoms with E-state index in [1.54, 1.807) is 0 Å². The average Bonchev–Trinajstić information content (AvgIpc) is 2.19. The molecule has 0 radical (unpaired) electrons. The van der Waals surface area contributed by atoms with E-state index in [1.165, 1.54) is 5.71 Å². The second-order valence-corrected chi connectivity index (χ2v) is 2.15. The van der Waals surface area contributed by atoms with Crippen molar-refractivity contribution in [1.82, 2.24) is 5.43 Å². The summed E-state index contributed by atoms with van der Waals surface area (Å²) in [7, 11) is 0. The molecule has 1 aliphatic heterocycles. The van der Waals surface area contributed by atoms with Gasteiger partial charge in [0.05, 0.1) is 0 Å². The zero-order chi connectivity index (χ0) is 5.82. The Kier molecular flexibility index (Phi) is 2.15. The first kappa shape index (κ1) is 5.89. The maximum atomic E-state index is 5.47. The van der Waals surface area contributed by atoms with Crippen LogP contribution in [0.3, 0.4) is 0 Å². The van der Waals surface area contributed by atoms with Crippen LogP contribution < -0.4 is 5.43 Å². The number of hydrazone groups is 1. The Morgan fingerprint density at radius 2 is 2.62 bits per heavy atom. The van der Waals surface area contributed by atoms with Crippen LogP contribution in [0.15, 0.2) is 5.10 Å². The summed E-state index contributed by atoms with van der Waals surface area (Å²) in [4.78, 5) is 0. The molecule has 46 valence electrons. The van der Waals surface area contributed by atoms with Gasteiger partial charge in [0, 0.05) is 31.0 Å². The van der Waals surface area contributed by atoms with E-state index in [4.69, 9.17) is 11.6 Å². The molecule has 0 saturated carbocycles. The smallest absolute Gasteiger partial charge is 0.0408 e. The molecule has 2 nitrogen and oxygen atoms in total. The van der Waals surface area contributed by atoms with Crippen LogP contribution in [-0.4, -0.2) is 18.1 Å². The lowest BCUT2D eigenvalue weighted by atomic mass is 10.2. The Hall–Kier alpha value is -0.240. The van der Waals surface area contributed by atoms with Crippen molar-refractivity contribution in [2.24, 2.45) is 5.10 Å². The van der Waals surface area contributed by atoms with Crippen LogP contribution >= 0.6 is 11.6 Å². The average molecular weight is 133 g/mol. The Labute approximate surface area is 53.9 Å². The number of nitrogens with one attached hydrogen (secondary N) is 1. The SMILES string of the molecule is ClCCC1=NNCC1. The van der Waals surface area contributed by atoms with Crippen LogP contribution in [0.2, 0.25) is 0 Å². The van der Waals surface area contributed by atoms with Crippen LogP contribution in [0, 0.1) is 0 Å². The van der Waals surface area contributed by atoms with Gasteiger partial charge in [0.15, 0.2) is 0 Å². The zero-order valence-electron chi connectivity index (χ0n) is 4.65. The van der Waals surface area contributed by atoms with E-state index in [1.807, 2.05) is 0 Å². The summed E-state index contributed by atoms with van der Waals surface area (Å²) >= 11 is 5.47. The standard InChI is InChI=1S/C5H9ClN2/c6-3-1-5-2-4-7-8-5/h7H,1-4H2. The van der Waals surface area contributed by atoms with E-state index in [0.29, 0.717) is 5.88 Å². The molecule has 0 amide bonds. The van der Waals surface area contributed by atoms with Gasteiger partial charge in [-0.05, 0) is 0 Å². The number of alkyl halides is 1. The molecule has 0 spiro atoms. The lowest BCUT2D eigenvalue weighted by Gasteiger charge is -1.88. The largest absolute Gasteiger partial charge is 0.310 e. The van der Waals surface area contributed by atoms with Crippen LogP contribution in [0.5, 0.6) is 0 Å². The third kappa shape index (κ3) is 1.37. The van der Waals surface area contributed by atoms with Crippen molar-refractivity contribution in [3.8, 4) is 0 Å². The quantitative estimate of drug-likeness (QED) is 0.557. The highest BCUT2D eigenvalue weighted by Crippen LogP contribution is 1.98. The Morgan fingerprint density at radius 1 is 1.75 bits per heavy atom. The highest BCUT2D eigenvalue weighted by Gasteiger charge is 2.02. The fourth-order valence-electron chi connectivity index (χ4n) is 0.714. The summed E-state index contributed by atoms with van der Waals surface area (Å²) in [6, 6.07) is 0. The third-order valence-corrected chi connectivity index (χ3v) is 1.33. The van der Waals surface area contributed by atoms with Gasteiger partial charge in [-0.25, -0.2) is 0 Å². The maximum Gasteiger partial charge on any atom is 0.0408 e. The maximum absolute atomic E-state index is 5.47. The van der Waals surface area contributed by atoms with Gasteiger partial charge in [0.2, 0.25) is 0 Å². The minimum absolute atomic E-state index is 0.695. The molecular weight excluding hydrogens is 124 g/mol. The molecular formula is C5H9ClN2. The van der Waals surface area contributed by atoms with Crippen LogP contribution in [0.4, 0.5) is 0 Å². The molecule has 1 heterocycles. The van der Waals surface area contributed by atoms with Gasteiger partial charge < -0.3 is 5.43 Å². The van der Waals surface area contributed by atoms with E-state index in [-0.39, 0.29) is 0 Å². The van der Waals surface area contributed by atoms with Gasteiger partial charge in [-0.1, -0.05) is 0 Å². The summed E-state index contributed by atoms with van der Waals surface area (Å²) in [6.45, 7) is 0.992. The fourth-order valence-corrected chi connectivity index (χ4v) is 0.932. The number of nitrogens with zero attached hydrogens (tertiary/aromatic N) is 1. The molecule has 0 unspecified atom stereocenters. The van der Waals surface area contributed by atoms with E-state index >= 15 is 0 Å². The van der Waals surface area contributed by atoms with Gasteiger partial charge in [-0.15, -0.1) is 11.6 Å². The number of hydrogen-bond donors (Lipinski definition) is 1. The molecule has 0 bridgehead atoms. The molecule has 0 aliphatic carbocycles. The van der Waals surface area contributed by atoms with Crippen molar-refractivity contribution in [2.45, 2.75) is 12.8 Å². The zero-order valence-corrected chi connectivity index (χ0v) is 5.41. The molecule has 1 aliphatic rings. The summed E-state index contributed by atoms with van der Waals surface area (Å²) in [6.07, 6.45) is 2.02. The van der Waals surface area contributed by atoms with Crippen molar-refractivity contribution >= 4 is 17.3 Å². The van der Waals surface area contributed by atoms with E-state index < -0.39 is 0 Å². The van der Waals surface area contributed by atoms with E-state index in [9.17, 15) is 0 Å². The van der Waals surface area contributed by atoms with Crippen molar-refractivity contribution in [3.63, 3.8) is 0 Å². The minimum atomic E-state index is 0.695. The molecule has 0 aromatic carbocycles. The van der Waals surface area contributed by atoms with Crippen LogP contribution in [0.25, 0.3) is 0 Å². The van der Waals surface area contributed by atoms with Crippen molar-refractivity contribution < 1.29 is 0 Å². The monoisotopic (exact) mass is 132 g/mol. The van der Waals surface area contributed by atoms with Gasteiger partial charge in [-0.2, -0.15) is 5.10 Å². The summed E-state index contributed by atoms with van der Waals surface area (Å²) in [5.74, 6) is 0.695. The second kappa shape index (κ2) is 2.92. The predicted molar refractivity (Wildman–Crippen MR) is 35.4 cm³/mol. The van der Waals surface area contributed by atoms with Gasteiger partial charge in [-0.3, -0.25) is 0 Å². The third-order valence-electron chi connectivity index (χ3n) is 1.15. The normalized spacial score (nSPS) is 17.9. The first-order chi connectivity index (χ1) is 3.93. The molecule has 1 N–H and O–H groups in total. The van der Waals surface area contributed by atoms with Crippen molar-refractivity contribution in [1.29, 1.82) is 0 Å². The molecule has 0 fully saturated rings. The summed E-state index contributed by atoms with van der Waals surface area (Å²) in [5.41, 5.74) is 4.09. The topological polar surface area (TPSA) is 24.4 Å². The first-order valence-corrected chi connectivity index (χ1v) is 3.31. The van der Waals surface area contributed by atoms with Crippen LogP contribution in [-0.2, 0) is 0 Å². The van der Waals surface area contributed by atoms with Crippen molar-refractivity contribution in [3.05, 3.63) is 0 Å². The minimum Gasteiger partial charge on any atom is -0.310 e. The first-order valence-electron chi connectivity index (χ1n) is 2.78. The molecule has 0 atom stereocenters. The van der Waals surface area contributed by atoms with Crippen molar-refractivity contribution in [2.75, 3.05) is 12.4 Å². The lowest BCUT2D eigenvalue weighted by molar-refractivity contribution is 0.813. The molecule has 8 heavy (non-hydrogen) atoms. The second-order valence-electron chi connectivity index (χ2n) is 1.78. The van der Waals surface area contributed by atoms with Gasteiger partial charge >= 0.3 is 0 Å². The van der Waals surface area contributed by atoms with E-state index in [2.05, 4.69) is 10.5 Å². The molecule has 0 aromatic rings. The highest BCUT2D eigenvalue weighted by molar-refractivity contribution is 6.19. The Balaban J connectivity index is 2.23. The van der Waals surface area contributed by atoms with Gasteiger partial charge in [0.25, 0.3) is 0 Å².